The summed E-state index contributed by atoms with van der Waals surface area (Å²) in [5.74, 6) is -0.458. The quantitative estimate of drug-likeness (QED) is 0.343. The molecule has 0 aliphatic heterocycles. The molecule has 0 aromatic heterocycles. The zero-order chi connectivity index (χ0) is 18.4. The molecule has 2 aromatic carbocycles. The maximum atomic E-state index is 12.3. The minimum atomic E-state index is -0.408. The minimum Gasteiger partial charge on any atom is -0.507 e. The first kappa shape index (κ1) is 22.8. The van der Waals surface area contributed by atoms with E-state index in [4.69, 9.17) is 9.47 Å². The van der Waals surface area contributed by atoms with Crippen LogP contribution in [0.2, 0.25) is 0 Å². The molecule has 0 aliphatic rings. The van der Waals surface area contributed by atoms with Crippen molar-refractivity contribution in [3.05, 3.63) is 48.4 Å². The second kappa shape index (κ2) is 10.8. The molecule has 0 atom stereocenters. The van der Waals surface area contributed by atoms with E-state index in [1.807, 2.05) is 0 Å². The van der Waals surface area contributed by atoms with Crippen LogP contribution >= 0.6 is 0 Å². The molecule has 6 nitrogen and oxygen atoms in total. The van der Waals surface area contributed by atoms with Gasteiger partial charge in [0.1, 0.15) is 22.8 Å². The summed E-state index contributed by atoms with van der Waals surface area (Å²) in [7, 11) is 1.45. The fourth-order valence-electron chi connectivity index (χ4n) is 2.42. The molecular weight excluding hydrogens is 363 g/mol. The van der Waals surface area contributed by atoms with Crippen molar-refractivity contribution in [3.63, 3.8) is 0 Å². The smallest absolute Gasteiger partial charge is 0.507 e. The van der Waals surface area contributed by atoms with Crippen molar-refractivity contribution in [2.75, 3.05) is 13.7 Å². The number of rotatable bonds is 8. The SMILES string of the molecule is [CH2-]CCOc1cc(O)c(C(=O)CCc2ccc(OC)c(O)c2)c(O)c1.[K+]. The van der Waals surface area contributed by atoms with Crippen LogP contribution in [0.4, 0.5) is 0 Å². The van der Waals surface area contributed by atoms with E-state index in [-0.39, 0.29) is 86.4 Å². The summed E-state index contributed by atoms with van der Waals surface area (Å²) in [6, 6.07) is 7.45. The molecule has 0 bridgehead atoms. The summed E-state index contributed by atoms with van der Waals surface area (Å²) in [5.41, 5.74) is 0.598. The first-order chi connectivity index (χ1) is 12.0. The molecule has 7 heteroatoms. The number of Topliss-reactive ketones (excluding diaryl/α,β-unsaturated/α-hetero) is 1. The number of ether oxygens (including phenoxy) is 2. The van der Waals surface area contributed by atoms with Crippen LogP contribution in [0, 0.1) is 6.92 Å². The summed E-state index contributed by atoms with van der Waals surface area (Å²) in [4.78, 5) is 12.3. The molecule has 2 aromatic rings. The second-order valence-corrected chi connectivity index (χ2v) is 5.47. The third-order valence-corrected chi connectivity index (χ3v) is 3.65. The molecule has 2 rings (SSSR count). The first-order valence-electron chi connectivity index (χ1n) is 7.83. The number of hydrogen-bond donors (Lipinski definition) is 3. The van der Waals surface area contributed by atoms with E-state index in [2.05, 4.69) is 6.92 Å². The predicted octanol–water partition coefficient (Wildman–Crippen LogP) is 0.234. The fourth-order valence-corrected chi connectivity index (χ4v) is 2.42. The number of methoxy groups -OCH3 is 1. The van der Waals surface area contributed by atoms with Gasteiger partial charge in [-0.1, -0.05) is 6.07 Å². The molecule has 0 saturated heterocycles. The molecule has 0 spiro atoms. The van der Waals surface area contributed by atoms with Crippen LogP contribution in [0.3, 0.4) is 0 Å². The number of hydrogen-bond acceptors (Lipinski definition) is 6. The summed E-state index contributed by atoms with van der Waals surface area (Å²) < 4.78 is 10.2. The molecule has 0 radical (unpaired) electrons. The van der Waals surface area contributed by atoms with Gasteiger partial charge in [0.05, 0.1) is 13.7 Å². The van der Waals surface area contributed by atoms with Crippen molar-refractivity contribution in [2.24, 2.45) is 0 Å². The number of benzene rings is 2. The Hall–Kier alpha value is -1.25. The Morgan fingerprint density at radius 1 is 1.08 bits per heavy atom. The third-order valence-electron chi connectivity index (χ3n) is 3.65. The van der Waals surface area contributed by atoms with Crippen molar-refractivity contribution >= 4 is 5.78 Å². The third kappa shape index (κ3) is 5.89. The molecule has 0 amide bonds. The fraction of sp³-hybridized carbons (Fsp3) is 0.263. The maximum absolute atomic E-state index is 12.3. The van der Waals surface area contributed by atoms with E-state index in [1.165, 1.54) is 25.3 Å². The molecule has 0 saturated carbocycles. The molecule has 26 heavy (non-hydrogen) atoms. The van der Waals surface area contributed by atoms with Crippen LogP contribution in [0.25, 0.3) is 0 Å². The molecule has 0 fully saturated rings. The van der Waals surface area contributed by atoms with Gasteiger partial charge in [-0.05, 0) is 24.1 Å². The van der Waals surface area contributed by atoms with Crippen molar-refractivity contribution in [1.82, 2.24) is 0 Å². The van der Waals surface area contributed by atoms with E-state index >= 15 is 0 Å². The largest absolute Gasteiger partial charge is 1.00 e. The van der Waals surface area contributed by atoms with Gasteiger partial charge in [0, 0.05) is 18.6 Å². The Balaban J connectivity index is 0.00000338. The summed E-state index contributed by atoms with van der Waals surface area (Å²) in [6.07, 6.45) is 0.942. The molecule has 3 N–H and O–H groups in total. The van der Waals surface area contributed by atoms with Crippen molar-refractivity contribution in [3.8, 4) is 28.7 Å². The Morgan fingerprint density at radius 2 is 1.73 bits per heavy atom. The number of carbonyl (C=O) groups is 1. The average molecular weight is 384 g/mol. The summed E-state index contributed by atoms with van der Waals surface area (Å²) in [6.45, 7) is 3.97. The van der Waals surface area contributed by atoms with Gasteiger partial charge in [0.25, 0.3) is 0 Å². The first-order valence-corrected chi connectivity index (χ1v) is 7.83. The van der Waals surface area contributed by atoms with Gasteiger partial charge in [-0.3, -0.25) is 4.79 Å². The monoisotopic (exact) mass is 384 g/mol. The van der Waals surface area contributed by atoms with Gasteiger partial charge < -0.3 is 31.7 Å². The number of ketones is 1. The molecule has 134 valence electrons. The Kier molecular flexibility index (Phi) is 9.46. The number of aromatic hydroxyl groups is 3. The van der Waals surface area contributed by atoms with Gasteiger partial charge >= 0.3 is 51.4 Å². The standard InChI is InChI=1S/C19H21O6.K/c1-3-8-25-13-10-16(22)19(17(23)11-13)14(20)6-4-12-5-7-18(24-2)15(21)9-12;/h5,7,9-11,21-23H,1,3-4,6,8H2,2H3;/q-1;+1. The average Bonchev–Trinajstić information content (AvgIpc) is 2.57. The molecule has 0 heterocycles. The number of phenolic OH excluding ortho intramolecular Hbond substituents is 3. The normalized spacial score (nSPS) is 10.1. The van der Waals surface area contributed by atoms with Gasteiger partial charge in [-0.15, -0.1) is 6.42 Å². The molecule has 0 unspecified atom stereocenters. The Morgan fingerprint density at radius 3 is 2.27 bits per heavy atom. The van der Waals surface area contributed by atoms with Gasteiger partial charge in [0.2, 0.25) is 0 Å². The van der Waals surface area contributed by atoms with Gasteiger partial charge in [-0.25, -0.2) is 0 Å². The zero-order valence-electron chi connectivity index (χ0n) is 15.0. The van der Waals surface area contributed by atoms with Gasteiger partial charge in [0.15, 0.2) is 17.3 Å². The zero-order valence-corrected chi connectivity index (χ0v) is 18.1. The van der Waals surface area contributed by atoms with Crippen molar-refractivity contribution < 1.29 is 81.0 Å². The summed E-state index contributed by atoms with van der Waals surface area (Å²) in [5, 5.41) is 29.8. The Bertz CT molecular complexity index is 737. The van der Waals surface area contributed by atoms with E-state index in [0.29, 0.717) is 25.2 Å². The predicted molar refractivity (Wildman–Crippen MR) is 92.6 cm³/mol. The molecule has 0 aliphatic carbocycles. The number of phenols is 3. The van der Waals surface area contributed by atoms with Crippen molar-refractivity contribution in [2.45, 2.75) is 19.3 Å². The number of carbonyl (C=O) groups excluding carboxylic acids is 1. The maximum Gasteiger partial charge on any atom is 1.00 e. The number of aryl methyl sites for hydroxylation is 1. The van der Waals surface area contributed by atoms with E-state index in [9.17, 15) is 20.1 Å². The minimum absolute atomic E-state index is 0. The van der Waals surface area contributed by atoms with Gasteiger partial charge in [-0.2, -0.15) is 0 Å². The van der Waals surface area contributed by atoms with E-state index in [1.54, 1.807) is 12.1 Å². The van der Waals surface area contributed by atoms with Crippen LogP contribution in [-0.2, 0) is 6.42 Å². The molecular formula is C19H21KO6. The summed E-state index contributed by atoms with van der Waals surface area (Å²) >= 11 is 0. The topological polar surface area (TPSA) is 96.2 Å². The van der Waals surface area contributed by atoms with Crippen LogP contribution < -0.4 is 60.9 Å². The van der Waals surface area contributed by atoms with Crippen LogP contribution in [0.15, 0.2) is 30.3 Å². The van der Waals surface area contributed by atoms with E-state index in [0.717, 1.165) is 5.56 Å². The second-order valence-electron chi connectivity index (χ2n) is 5.47. The van der Waals surface area contributed by atoms with Crippen LogP contribution in [0.5, 0.6) is 28.7 Å². The Labute approximate surface area is 195 Å². The van der Waals surface area contributed by atoms with Crippen molar-refractivity contribution in [1.29, 1.82) is 0 Å². The van der Waals surface area contributed by atoms with Crippen LogP contribution in [0.1, 0.15) is 28.8 Å². The van der Waals surface area contributed by atoms with E-state index < -0.39 is 5.78 Å². The van der Waals surface area contributed by atoms with Crippen LogP contribution in [-0.4, -0.2) is 34.8 Å².